The largest absolute Gasteiger partial charge is 0.444 e. The van der Waals surface area contributed by atoms with Crippen LogP contribution in [-0.2, 0) is 22.7 Å². The van der Waals surface area contributed by atoms with Gasteiger partial charge in [-0.2, -0.15) is 5.10 Å². The number of rotatable bonds is 8. The Morgan fingerprint density at radius 3 is 2.71 bits per heavy atom. The van der Waals surface area contributed by atoms with E-state index in [0.29, 0.717) is 23.7 Å². The summed E-state index contributed by atoms with van der Waals surface area (Å²) < 4.78 is 6.87. The van der Waals surface area contributed by atoms with Crippen molar-refractivity contribution in [3.05, 3.63) is 47.2 Å². The number of ketones is 1. The van der Waals surface area contributed by atoms with Gasteiger partial charge in [0.2, 0.25) is 0 Å². The van der Waals surface area contributed by atoms with E-state index < -0.39 is 6.09 Å². The summed E-state index contributed by atoms with van der Waals surface area (Å²) >= 11 is 5.80. The van der Waals surface area contributed by atoms with Crippen LogP contribution >= 0.6 is 11.6 Å². The summed E-state index contributed by atoms with van der Waals surface area (Å²) in [5.41, 5.74) is 1.43. The van der Waals surface area contributed by atoms with E-state index >= 15 is 0 Å². The van der Waals surface area contributed by atoms with Gasteiger partial charge in [-0.1, -0.05) is 23.7 Å². The minimum Gasteiger partial charge on any atom is -0.444 e. The molecule has 2 rings (SSSR count). The van der Waals surface area contributed by atoms with Gasteiger partial charge in [0.15, 0.2) is 0 Å². The van der Waals surface area contributed by atoms with Gasteiger partial charge in [-0.3, -0.25) is 10.00 Å². The van der Waals surface area contributed by atoms with E-state index in [9.17, 15) is 9.59 Å². The van der Waals surface area contributed by atoms with Crippen LogP contribution in [0.4, 0.5) is 10.5 Å². The highest BCUT2D eigenvalue weighted by Crippen LogP contribution is 2.11. The lowest BCUT2D eigenvalue weighted by molar-refractivity contribution is -0.117. The highest BCUT2D eigenvalue weighted by atomic mass is 35.5. The number of Topliss-reactive ketones (excluding diaryl/α,β-unsaturated/α-hetero) is 1. The molecule has 7 heteroatoms. The summed E-state index contributed by atoms with van der Waals surface area (Å²) in [6, 6.07) is 7.09. The van der Waals surface area contributed by atoms with Crippen molar-refractivity contribution in [2.75, 3.05) is 5.32 Å². The number of carbonyl (C=O) groups excluding carboxylic acids is 2. The van der Waals surface area contributed by atoms with Crippen molar-refractivity contribution in [3.8, 4) is 0 Å². The van der Waals surface area contributed by atoms with Crippen LogP contribution in [0.15, 0.2) is 36.7 Å². The van der Waals surface area contributed by atoms with Crippen LogP contribution in [0, 0.1) is 0 Å². The molecule has 0 radical (unpaired) electrons. The Morgan fingerprint density at radius 2 is 2.00 bits per heavy atom. The van der Waals surface area contributed by atoms with Crippen molar-refractivity contribution < 1.29 is 14.3 Å². The number of aromatic nitrogens is 2. The molecule has 1 amide bonds. The fourth-order valence-corrected chi connectivity index (χ4v) is 2.21. The van der Waals surface area contributed by atoms with Crippen molar-refractivity contribution >= 4 is 29.2 Å². The minimum absolute atomic E-state index is 0.169. The highest BCUT2D eigenvalue weighted by Gasteiger charge is 2.06. The number of unbranched alkanes of at least 4 members (excludes halogenated alkanes) is 1. The summed E-state index contributed by atoms with van der Waals surface area (Å²) in [5.74, 6) is 0.196. The molecule has 2 aromatic rings. The van der Waals surface area contributed by atoms with Crippen molar-refractivity contribution in [2.45, 2.75) is 39.3 Å². The van der Waals surface area contributed by atoms with E-state index in [2.05, 4.69) is 10.4 Å². The van der Waals surface area contributed by atoms with E-state index in [1.807, 2.05) is 0 Å². The number of ether oxygens (including phenoxy) is 1. The normalized spacial score (nSPS) is 10.4. The van der Waals surface area contributed by atoms with Crippen LogP contribution in [0.3, 0.4) is 0 Å². The second-order valence-electron chi connectivity index (χ2n) is 5.48. The number of carbonyl (C=O) groups is 2. The van der Waals surface area contributed by atoms with Crippen LogP contribution in [0.5, 0.6) is 0 Å². The number of nitrogens with zero attached hydrogens (tertiary/aromatic N) is 2. The fraction of sp³-hybridized carbons (Fsp3) is 0.353. The Kier molecular flexibility index (Phi) is 6.81. The zero-order valence-corrected chi connectivity index (χ0v) is 14.3. The molecule has 0 spiro atoms. The zero-order chi connectivity index (χ0) is 17.4. The topological polar surface area (TPSA) is 73.2 Å². The number of nitrogens with one attached hydrogen (secondary N) is 1. The van der Waals surface area contributed by atoms with Crippen LogP contribution in [0.25, 0.3) is 0 Å². The van der Waals surface area contributed by atoms with E-state index in [0.717, 1.165) is 18.4 Å². The van der Waals surface area contributed by atoms with Gasteiger partial charge in [0.05, 0.1) is 11.9 Å². The molecule has 0 atom stereocenters. The molecule has 24 heavy (non-hydrogen) atoms. The van der Waals surface area contributed by atoms with Crippen LogP contribution < -0.4 is 5.32 Å². The lowest BCUT2D eigenvalue weighted by atomic mass is 10.2. The highest BCUT2D eigenvalue weighted by molar-refractivity contribution is 6.30. The molecule has 0 saturated heterocycles. The first kappa shape index (κ1) is 18.0. The summed E-state index contributed by atoms with van der Waals surface area (Å²) in [5, 5.41) is 7.43. The molecule has 128 valence electrons. The molecule has 1 aromatic heterocycles. The van der Waals surface area contributed by atoms with Crippen LogP contribution in [0.1, 0.15) is 31.7 Å². The molecule has 0 unspecified atom stereocenters. The first-order valence-electron chi connectivity index (χ1n) is 7.73. The zero-order valence-electron chi connectivity index (χ0n) is 13.5. The third-order valence-corrected chi connectivity index (χ3v) is 3.58. The third-order valence-electron chi connectivity index (χ3n) is 3.33. The maximum absolute atomic E-state index is 11.8. The lowest BCUT2D eigenvalue weighted by Gasteiger charge is -2.05. The Balaban J connectivity index is 1.72. The first-order valence-corrected chi connectivity index (χ1v) is 8.11. The molecule has 6 nitrogen and oxygen atoms in total. The summed E-state index contributed by atoms with van der Waals surface area (Å²) in [4.78, 5) is 22.6. The van der Waals surface area contributed by atoms with E-state index in [-0.39, 0.29) is 12.4 Å². The van der Waals surface area contributed by atoms with E-state index in [1.54, 1.807) is 48.3 Å². The average Bonchev–Trinajstić information content (AvgIpc) is 2.98. The number of benzene rings is 1. The maximum Gasteiger partial charge on any atom is 0.412 e. The molecule has 0 aliphatic heterocycles. The Bertz CT molecular complexity index is 683. The number of hydrogen-bond acceptors (Lipinski definition) is 4. The minimum atomic E-state index is -0.541. The van der Waals surface area contributed by atoms with Gasteiger partial charge >= 0.3 is 6.09 Å². The van der Waals surface area contributed by atoms with Gasteiger partial charge < -0.3 is 9.53 Å². The molecular formula is C17H20ClN3O3. The number of amides is 1. The fourth-order valence-electron chi connectivity index (χ4n) is 2.08. The van der Waals surface area contributed by atoms with Gasteiger partial charge in [0, 0.05) is 24.2 Å². The van der Waals surface area contributed by atoms with Crippen LogP contribution in [-0.4, -0.2) is 21.7 Å². The molecule has 1 heterocycles. The van der Waals surface area contributed by atoms with Gasteiger partial charge in [-0.15, -0.1) is 0 Å². The van der Waals surface area contributed by atoms with Crippen molar-refractivity contribution in [1.29, 1.82) is 0 Å². The second kappa shape index (κ2) is 9.08. The predicted molar refractivity (Wildman–Crippen MR) is 92.0 cm³/mol. The van der Waals surface area contributed by atoms with Crippen molar-refractivity contribution in [2.24, 2.45) is 0 Å². The predicted octanol–water partition coefficient (Wildman–Crippen LogP) is 4.04. The second-order valence-corrected chi connectivity index (χ2v) is 5.92. The van der Waals surface area contributed by atoms with Crippen molar-refractivity contribution in [1.82, 2.24) is 9.78 Å². The number of halogens is 1. The van der Waals surface area contributed by atoms with Crippen molar-refractivity contribution in [3.63, 3.8) is 0 Å². The molecule has 1 aromatic carbocycles. The molecule has 0 aliphatic rings. The summed E-state index contributed by atoms with van der Waals surface area (Å²) in [7, 11) is 0. The third kappa shape index (κ3) is 6.42. The Hall–Kier alpha value is -2.34. The number of aryl methyl sites for hydroxylation is 1. The average molecular weight is 350 g/mol. The Labute approximate surface area is 145 Å². The smallest absolute Gasteiger partial charge is 0.412 e. The summed E-state index contributed by atoms with van der Waals surface area (Å²) in [6.45, 7) is 2.46. The molecule has 0 bridgehead atoms. The van der Waals surface area contributed by atoms with Crippen LogP contribution in [0.2, 0.25) is 5.02 Å². The quantitative estimate of drug-likeness (QED) is 0.730. The standard InChI is InChI=1S/C17H20ClN3O3/c1-13(22)4-2-3-9-21-11-16(10-19-21)20-17(23)24-12-14-5-7-15(18)8-6-14/h5-8,10-11H,2-4,9,12H2,1H3,(H,20,23). The van der Waals surface area contributed by atoms with E-state index in [4.69, 9.17) is 16.3 Å². The van der Waals surface area contributed by atoms with Gasteiger partial charge in [-0.25, -0.2) is 4.79 Å². The SMILES string of the molecule is CC(=O)CCCCn1cc(NC(=O)OCc2ccc(Cl)cc2)cn1. The lowest BCUT2D eigenvalue weighted by Crippen LogP contribution is -2.13. The molecule has 0 aliphatic carbocycles. The monoisotopic (exact) mass is 349 g/mol. The Morgan fingerprint density at radius 1 is 1.25 bits per heavy atom. The summed E-state index contributed by atoms with van der Waals surface area (Å²) in [6.07, 6.45) is 5.04. The van der Waals surface area contributed by atoms with Gasteiger partial charge in [-0.05, 0) is 37.5 Å². The molecular weight excluding hydrogens is 330 g/mol. The number of anilines is 1. The first-order chi connectivity index (χ1) is 11.5. The molecule has 0 fully saturated rings. The molecule has 1 N–H and O–H groups in total. The van der Waals surface area contributed by atoms with Gasteiger partial charge in [0.1, 0.15) is 12.4 Å². The maximum atomic E-state index is 11.8. The number of hydrogen-bond donors (Lipinski definition) is 1. The van der Waals surface area contributed by atoms with Gasteiger partial charge in [0.25, 0.3) is 0 Å². The van der Waals surface area contributed by atoms with E-state index in [1.165, 1.54) is 0 Å². The molecule has 0 saturated carbocycles.